The number of carbonyl (C=O) groups is 2. The van der Waals surface area contributed by atoms with E-state index in [0.29, 0.717) is 11.3 Å². The van der Waals surface area contributed by atoms with Crippen LogP contribution in [0.15, 0.2) is 78.9 Å². The number of amides is 1. The SMILES string of the molecule is CC(=O)Nc1cc(-c2ccccc2)ccc1C(Cl)C(=O)OCc1ccccc1. The Kier molecular flexibility index (Phi) is 6.45. The summed E-state index contributed by atoms with van der Waals surface area (Å²) in [6.45, 7) is 1.55. The zero-order valence-electron chi connectivity index (χ0n) is 15.4. The van der Waals surface area contributed by atoms with Crippen LogP contribution < -0.4 is 5.32 Å². The van der Waals surface area contributed by atoms with E-state index in [0.717, 1.165) is 16.7 Å². The van der Waals surface area contributed by atoms with Gasteiger partial charge in [0.05, 0.1) is 0 Å². The van der Waals surface area contributed by atoms with Crippen LogP contribution in [0, 0.1) is 0 Å². The van der Waals surface area contributed by atoms with Crippen LogP contribution in [-0.4, -0.2) is 11.9 Å². The summed E-state index contributed by atoms with van der Waals surface area (Å²) in [4.78, 5) is 24.1. The summed E-state index contributed by atoms with van der Waals surface area (Å²) in [5.41, 5.74) is 3.77. The molecule has 0 bridgehead atoms. The number of anilines is 1. The number of halogens is 1. The van der Waals surface area contributed by atoms with Crippen molar-refractivity contribution in [2.24, 2.45) is 0 Å². The van der Waals surface area contributed by atoms with Crippen LogP contribution in [0.2, 0.25) is 0 Å². The number of carbonyl (C=O) groups excluding carboxylic acids is 2. The predicted octanol–water partition coefficient (Wildman–Crippen LogP) is 5.34. The highest BCUT2D eigenvalue weighted by Crippen LogP contribution is 2.33. The molecule has 0 heterocycles. The van der Waals surface area contributed by atoms with Crippen molar-refractivity contribution in [2.45, 2.75) is 18.9 Å². The van der Waals surface area contributed by atoms with Crippen LogP contribution in [0.25, 0.3) is 11.1 Å². The Bertz CT molecular complexity index is 958. The largest absolute Gasteiger partial charge is 0.459 e. The normalized spacial score (nSPS) is 11.5. The molecule has 0 fully saturated rings. The molecule has 0 saturated carbocycles. The number of hydrogen-bond acceptors (Lipinski definition) is 3. The summed E-state index contributed by atoms with van der Waals surface area (Å²) in [5, 5.41) is 1.73. The molecule has 0 radical (unpaired) electrons. The second kappa shape index (κ2) is 9.20. The van der Waals surface area contributed by atoms with E-state index in [2.05, 4.69) is 5.32 Å². The van der Waals surface area contributed by atoms with Crippen molar-refractivity contribution in [1.29, 1.82) is 0 Å². The van der Waals surface area contributed by atoms with E-state index < -0.39 is 11.3 Å². The van der Waals surface area contributed by atoms with Crippen LogP contribution in [-0.2, 0) is 20.9 Å². The molecule has 3 aromatic carbocycles. The van der Waals surface area contributed by atoms with E-state index in [1.807, 2.05) is 72.8 Å². The molecule has 5 heteroatoms. The highest BCUT2D eigenvalue weighted by Gasteiger charge is 2.23. The van der Waals surface area contributed by atoms with Gasteiger partial charge in [-0.2, -0.15) is 0 Å². The summed E-state index contributed by atoms with van der Waals surface area (Å²) in [6, 6.07) is 24.6. The predicted molar refractivity (Wildman–Crippen MR) is 111 cm³/mol. The Morgan fingerprint density at radius 2 is 1.57 bits per heavy atom. The number of alkyl halides is 1. The summed E-state index contributed by atoms with van der Waals surface area (Å²) in [5.74, 6) is -0.808. The number of esters is 1. The molecular weight excluding hydrogens is 374 g/mol. The van der Waals surface area contributed by atoms with Gasteiger partial charge in [-0.25, -0.2) is 0 Å². The molecule has 1 atom stereocenters. The molecule has 3 rings (SSSR count). The van der Waals surface area contributed by atoms with Crippen molar-refractivity contribution in [2.75, 3.05) is 5.32 Å². The van der Waals surface area contributed by atoms with Crippen LogP contribution in [0.1, 0.15) is 23.4 Å². The fourth-order valence-corrected chi connectivity index (χ4v) is 3.07. The van der Waals surface area contributed by atoms with Gasteiger partial charge in [0.1, 0.15) is 6.61 Å². The number of ether oxygens (including phenoxy) is 1. The van der Waals surface area contributed by atoms with Gasteiger partial charge in [0, 0.05) is 18.2 Å². The van der Waals surface area contributed by atoms with Crippen molar-refractivity contribution in [3.05, 3.63) is 90.0 Å². The molecule has 1 amide bonds. The topological polar surface area (TPSA) is 55.4 Å². The van der Waals surface area contributed by atoms with Crippen molar-refractivity contribution >= 4 is 29.2 Å². The lowest BCUT2D eigenvalue weighted by Gasteiger charge is -2.16. The van der Waals surface area contributed by atoms with E-state index in [9.17, 15) is 9.59 Å². The van der Waals surface area contributed by atoms with Crippen molar-refractivity contribution < 1.29 is 14.3 Å². The minimum absolute atomic E-state index is 0.139. The first kappa shape index (κ1) is 19.6. The van der Waals surface area contributed by atoms with Gasteiger partial charge < -0.3 is 10.1 Å². The van der Waals surface area contributed by atoms with Crippen LogP contribution in [0.5, 0.6) is 0 Å². The Balaban J connectivity index is 1.82. The molecule has 3 aromatic rings. The van der Waals surface area contributed by atoms with Gasteiger partial charge in [-0.05, 0) is 22.8 Å². The van der Waals surface area contributed by atoms with Gasteiger partial charge >= 0.3 is 5.97 Å². The molecule has 0 aromatic heterocycles. The lowest BCUT2D eigenvalue weighted by atomic mass is 10.0. The number of benzene rings is 3. The first-order valence-corrected chi connectivity index (χ1v) is 9.30. The molecule has 0 aliphatic carbocycles. The zero-order chi connectivity index (χ0) is 19.9. The van der Waals surface area contributed by atoms with Crippen molar-refractivity contribution in [1.82, 2.24) is 0 Å². The first-order chi connectivity index (χ1) is 13.5. The van der Waals surface area contributed by atoms with E-state index in [4.69, 9.17) is 16.3 Å². The van der Waals surface area contributed by atoms with Crippen LogP contribution in [0.3, 0.4) is 0 Å². The maximum absolute atomic E-state index is 12.4. The smallest absolute Gasteiger partial charge is 0.329 e. The number of nitrogens with one attached hydrogen (secondary N) is 1. The third kappa shape index (κ3) is 4.99. The zero-order valence-corrected chi connectivity index (χ0v) is 16.1. The Morgan fingerprint density at radius 3 is 2.21 bits per heavy atom. The van der Waals surface area contributed by atoms with Gasteiger partial charge in [0.2, 0.25) is 5.91 Å². The van der Waals surface area contributed by atoms with Gasteiger partial charge in [-0.1, -0.05) is 72.8 Å². The maximum atomic E-state index is 12.4. The maximum Gasteiger partial charge on any atom is 0.329 e. The van der Waals surface area contributed by atoms with Crippen molar-refractivity contribution in [3.8, 4) is 11.1 Å². The fraction of sp³-hybridized carbons (Fsp3) is 0.130. The summed E-state index contributed by atoms with van der Waals surface area (Å²) in [7, 11) is 0. The minimum Gasteiger partial charge on any atom is -0.459 e. The highest BCUT2D eigenvalue weighted by atomic mass is 35.5. The quantitative estimate of drug-likeness (QED) is 0.454. The molecule has 0 saturated heterocycles. The second-order valence-corrected chi connectivity index (χ2v) is 6.74. The molecule has 28 heavy (non-hydrogen) atoms. The van der Waals surface area contributed by atoms with E-state index in [1.165, 1.54) is 6.92 Å². The molecule has 1 unspecified atom stereocenters. The standard InChI is InChI=1S/C23H20ClNO3/c1-16(26)25-21-14-19(18-10-6-3-7-11-18)12-13-20(21)22(24)23(27)28-15-17-8-4-2-5-9-17/h2-14,22H,15H2,1H3,(H,25,26). The fourth-order valence-electron chi connectivity index (χ4n) is 2.81. The Morgan fingerprint density at radius 1 is 0.929 bits per heavy atom. The number of rotatable bonds is 6. The summed E-state index contributed by atoms with van der Waals surface area (Å²) in [6.07, 6.45) is 0. The summed E-state index contributed by atoms with van der Waals surface area (Å²) >= 11 is 6.38. The lowest BCUT2D eigenvalue weighted by molar-refractivity contribution is -0.144. The molecular formula is C23H20ClNO3. The average Bonchev–Trinajstić information content (AvgIpc) is 2.72. The monoisotopic (exact) mass is 393 g/mol. The van der Waals surface area contributed by atoms with Gasteiger partial charge in [0.15, 0.2) is 5.38 Å². The highest BCUT2D eigenvalue weighted by molar-refractivity contribution is 6.30. The lowest BCUT2D eigenvalue weighted by Crippen LogP contribution is -2.15. The molecule has 0 aliphatic rings. The molecule has 142 valence electrons. The third-order valence-electron chi connectivity index (χ3n) is 4.18. The second-order valence-electron chi connectivity index (χ2n) is 6.31. The van der Waals surface area contributed by atoms with E-state index >= 15 is 0 Å². The Hall–Kier alpha value is -3.11. The van der Waals surface area contributed by atoms with Gasteiger partial charge in [-0.3, -0.25) is 9.59 Å². The van der Waals surface area contributed by atoms with Gasteiger partial charge in [-0.15, -0.1) is 11.6 Å². The van der Waals surface area contributed by atoms with Crippen molar-refractivity contribution in [3.63, 3.8) is 0 Å². The molecule has 1 N–H and O–H groups in total. The first-order valence-electron chi connectivity index (χ1n) is 8.86. The van der Waals surface area contributed by atoms with Crippen LogP contribution in [0.4, 0.5) is 5.69 Å². The summed E-state index contributed by atoms with van der Waals surface area (Å²) < 4.78 is 5.34. The van der Waals surface area contributed by atoms with E-state index in [1.54, 1.807) is 6.07 Å². The minimum atomic E-state index is -1.03. The number of hydrogen-bond donors (Lipinski definition) is 1. The van der Waals surface area contributed by atoms with E-state index in [-0.39, 0.29) is 12.5 Å². The molecule has 0 spiro atoms. The van der Waals surface area contributed by atoms with Crippen LogP contribution >= 0.6 is 11.6 Å². The molecule has 4 nitrogen and oxygen atoms in total. The Labute approximate surface area is 169 Å². The third-order valence-corrected chi connectivity index (χ3v) is 4.59. The average molecular weight is 394 g/mol. The van der Waals surface area contributed by atoms with Gasteiger partial charge in [0.25, 0.3) is 0 Å². The molecule has 0 aliphatic heterocycles.